The number of ketones is 1. The van der Waals surface area contributed by atoms with Crippen LogP contribution in [-0.2, 0) is 20.7 Å². The third kappa shape index (κ3) is 3.59. The lowest BCUT2D eigenvalue weighted by Gasteiger charge is -2.34. The van der Waals surface area contributed by atoms with Gasteiger partial charge in [0.2, 0.25) is 0 Å². The summed E-state index contributed by atoms with van der Waals surface area (Å²) >= 11 is 0. The second kappa shape index (κ2) is 6.55. The first-order valence-electron chi connectivity index (χ1n) is 7.10. The van der Waals surface area contributed by atoms with Crippen molar-refractivity contribution in [1.82, 2.24) is 0 Å². The van der Waals surface area contributed by atoms with E-state index >= 15 is 0 Å². The maximum atomic E-state index is 12.0. The SMILES string of the molecule is CCOC(=O)CC(=O)CN1CC(C)Cc2ccccc21. The highest BCUT2D eigenvalue weighted by atomic mass is 16.5. The molecule has 0 aliphatic carbocycles. The number of fused-ring (bicyclic) bond motifs is 1. The summed E-state index contributed by atoms with van der Waals surface area (Å²) in [6.45, 7) is 5.37. The largest absolute Gasteiger partial charge is 0.466 e. The van der Waals surface area contributed by atoms with Crippen molar-refractivity contribution in [2.24, 2.45) is 5.92 Å². The number of Topliss-reactive ketones (excluding diaryl/α,β-unsaturated/α-hetero) is 1. The molecule has 20 heavy (non-hydrogen) atoms. The van der Waals surface area contributed by atoms with Crippen LogP contribution in [0, 0.1) is 5.92 Å². The van der Waals surface area contributed by atoms with E-state index in [4.69, 9.17) is 4.74 Å². The summed E-state index contributed by atoms with van der Waals surface area (Å²) in [6, 6.07) is 8.15. The first kappa shape index (κ1) is 14.6. The number of ether oxygens (including phenoxy) is 1. The second-order valence-electron chi connectivity index (χ2n) is 5.34. The van der Waals surface area contributed by atoms with Crippen LogP contribution in [0.5, 0.6) is 0 Å². The van der Waals surface area contributed by atoms with Gasteiger partial charge in [0, 0.05) is 12.2 Å². The van der Waals surface area contributed by atoms with Crippen molar-refractivity contribution in [2.45, 2.75) is 26.7 Å². The molecule has 4 nitrogen and oxygen atoms in total. The smallest absolute Gasteiger partial charge is 0.313 e. The topological polar surface area (TPSA) is 46.6 Å². The van der Waals surface area contributed by atoms with Crippen LogP contribution >= 0.6 is 0 Å². The number of hydrogen-bond acceptors (Lipinski definition) is 4. The Balaban J connectivity index is 2.02. The molecule has 0 spiro atoms. The molecule has 0 fully saturated rings. The number of rotatable bonds is 5. The van der Waals surface area contributed by atoms with Gasteiger partial charge in [-0.1, -0.05) is 25.1 Å². The zero-order chi connectivity index (χ0) is 14.5. The normalized spacial score (nSPS) is 17.5. The zero-order valence-corrected chi connectivity index (χ0v) is 12.1. The van der Waals surface area contributed by atoms with Gasteiger partial charge in [-0.05, 0) is 30.9 Å². The summed E-state index contributed by atoms with van der Waals surface area (Å²) < 4.78 is 4.81. The van der Waals surface area contributed by atoms with Crippen LogP contribution in [0.1, 0.15) is 25.8 Å². The Bertz CT molecular complexity index is 498. The minimum absolute atomic E-state index is 0.0904. The first-order valence-corrected chi connectivity index (χ1v) is 7.10. The van der Waals surface area contributed by atoms with E-state index in [2.05, 4.69) is 17.9 Å². The molecule has 0 bridgehead atoms. The van der Waals surface area contributed by atoms with E-state index in [-0.39, 0.29) is 18.7 Å². The number of carbonyl (C=O) groups excluding carboxylic acids is 2. The Kier molecular flexibility index (Phi) is 4.77. The average molecular weight is 275 g/mol. The second-order valence-corrected chi connectivity index (χ2v) is 5.34. The summed E-state index contributed by atoms with van der Waals surface area (Å²) in [5, 5.41) is 0. The molecule has 0 saturated heterocycles. The van der Waals surface area contributed by atoms with Gasteiger partial charge in [0.25, 0.3) is 0 Å². The van der Waals surface area contributed by atoms with E-state index in [0.717, 1.165) is 18.7 Å². The molecule has 0 N–H and O–H groups in total. The van der Waals surface area contributed by atoms with Crippen LogP contribution < -0.4 is 4.90 Å². The summed E-state index contributed by atoms with van der Waals surface area (Å²) in [5.74, 6) is -0.0107. The molecule has 1 aliphatic rings. The van der Waals surface area contributed by atoms with Gasteiger partial charge in [0.1, 0.15) is 6.42 Å². The van der Waals surface area contributed by atoms with Crippen LogP contribution in [-0.4, -0.2) is 31.4 Å². The van der Waals surface area contributed by atoms with E-state index in [0.29, 0.717) is 12.5 Å². The van der Waals surface area contributed by atoms with Crippen molar-refractivity contribution in [3.05, 3.63) is 29.8 Å². The highest BCUT2D eigenvalue weighted by Crippen LogP contribution is 2.29. The van der Waals surface area contributed by atoms with Gasteiger partial charge >= 0.3 is 5.97 Å². The van der Waals surface area contributed by atoms with Crippen molar-refractivity contribution in [2.75, 3.05) is 24.6 Å². The lowest BCUT2D eigenvalue weighted by molar-refractivity contribution is -0.145. The fourth-order valence-electron chi connectivity index (χ4n) is 2.70. The Morgan fingerprint density at radius 1 is 1.35 bits per heavy atom. The predicted molar refractivity (Wildman–Crippen MR) is 77.8 cm³/mol. The zero-order valence-electron chi connectivity index (χ0n) is 12.1. The molecule has 0 amide bonds. The van der Waals surface area contributed by atoms with Crippen molar-refractivity contribution in [3.8, 4) is 0 Å². The number of carbonyl (C=O) groups is 2. The third-order valence-corrected chi connectivity index (χ3v) is 3.45. The fourth-order valence-corrected chi connectivity index (χ4v) is 2.70. The highest BCUT2D eigenvalue weighted by molar-refractivity contribution is 5.98. The summed E-state index contributed by atoms with van der Waals surface area (Å²) in [7, 11) is 0. The van der Waals surface area contributed by atoms with Crippen molar-refractivity contribution in [1.29, 1.82) is 0 Å². The molecule has 1 aromatic carbocycles. The average Bonchev–Trinajstić information content (AvgIpc) is 2.38. The molecule has 0 radical (unpaired) electrons. The Labute approximate surface area is 119 Å². The molecule has 1 aromatic rings. The molecule has 1 atom stereocenters. The molecular formula is C16H21NO3. The third-order valence-electron chi connectivity index (χ3n) is 3.45. The van der Waals surface area contributed by atoms with E-state index < -0.39 is 5.97 Å². The Morgan fingerprint density at radius 2 is 2.10 bits per heavy atom. The van der Waals surface area contributed by atoms with E-state index in [1.807, 2.05) is 18.2 Å². The van der Waals surface area contributed by atoms with Gasteiger partial charge < -0.3 is 9.64 Å². The molecular weight excluding hydrogens is 254 g/mol. The monoisotopic (exact) mass is 275 g/mol. The quantitative estimate of drug-likeness (QED) is 0.610. The van der Waals surface area contributed by atoms with Gasteiger partial charge in [-0.15, -0.1) is 0 Å². The van der Waals surface area contributed by atoms with Crippen LogP contribution in [0.25, 0.3) is 0 Å². The molecule has 1 heterocycles. The lowest BCUT2D eigenvalue weighted by atomic mass is 9.93. The maximum Gasteiger partial charge on any atom is 0.313 e. The molecule has 1 unspecified atom stereocenters. The van der Waals surface area contributed by atoms with Gasteiger partial charge in [-0.25, -0.2) is 0 Å². The van der Waals surface area contributed by atoms with Gasteiger partial charge in [-0.2, -0.15) is 0 Å². The minimum Gasteiger partial charge on any atom is -0.466 e. The van der Waals surface area contributed by atoms with Gasteiger partial charge in [0.05, 0.1) is 13.2 Å². The minimum atomic E-state index is -0.434. The Hall–Kier alpha value is -1.84. The number of para-hydroxylation sites is 1. The van der Waals surface area contributed by atoms with E-state index in [1.54, 1.807) is 6.92 Å². The maximum absolute atomic E-state index is 12.0. The van der Waals surface area contributed by atoms with E-state index in [9.17, 15) is 9.59 Å². The van der Waals surface area contributed by atoms with Gasteiger partial charge in [0.15, 0.2) is 5.78 Å². The van der Waals surface area contributed by atoms with Crippen molar-refractivity contribution < 1.29 is 14.3 Å². The molecule has 4 heteroatoms. The van der Waals surface area contributed by atoms with Crippen LogP contribution in [0.2, 0.25) is 0 Å². The lowest BCUT2D eigenvalue weighted by Crippen LogP contribution is -2.38. The Morgan fingerprint density at radius 3 is 2.85 bits per heavy atom. The molecule has 108 valence electrons. The summed E-state index contributed by atoms with van der Waals surface area (Å²) in [6.07, 6.45) is 0.902. The van der Waals surface area contributed by atoms with Crippen LogP contribution in [0.4, 0.5) is 5.69 Å². The summed E-state index contributed by atoms with van der Waals surface area (Å²) in [4.78, 5) is 25.4. The number of benzene rings is 1. The van der Waals surface area contributed by atoms with E-state index in [1.165, 1.54) is 5.56 Å². The van der Waals surface area contributed by atoms with Crippen LogP contribution in [0.15, 0.2) is 24.3 Å². The predicted octanol–water partition coefficient (Wildman–Crippen LogP) is 2.21. The highest BCUT2D eigenvalue weighted by Gasteiger charge is 2.23. The molecule has 0 aromatic heterocycles. The number of nitrogens with zero attached hydrogens (tertiary/aromatic N) is 1. The number of esters is 1. The summed E-state index contributed by atoms with van der Waals surface area (Å²) in [5.41, 5.74) is 2.39. The van der Waals surface area contributed by atoms with Gasteiger partial charge in [-0.3, -0.25) is 9.59 Å². The van der Waals surface area contributed by atoms with Crippen molar-refractivity contribution in [3.63, 3.8) is 0 Å². The molecule has 1 aliphatic heterocycles. The first-order chi connectivity index (χ1) is 9.60. The fraction of sp³-hybridized carbons (Fsp3) is 0.500. The number of anilines is 1. The molecule has 0 saturated carbocycles. The van der Waals surface area contributed by atoms with Crippen molar-refractivity contribution >= 4 is 17.4 Å². The van der Waals surface area contributed by atoms with Crippen LogP contribution in [0.3, 0.4) is 0 Å². The standard InChI is InChI=1S/C16H21NO3/c1-3-20-16(19)9-14(18)11-17-10-12(2)8-13-6-4-5-7-15(13)17/h4-7,12H,3,8-11H2,1-2H3. The number of hydrogen-bond donors (Lipinski definition) is 0. The molecule has 2 rings (SSSR count).